The van der Waals surface area contributed by atoms with Gasteiger partial charge in [0.15, 0.2) is 0 Å². The van der Waals surface area contributed by atoms with E-state index in [9.17, 15) is 4.79 Å². The van der Waals surface area contributed by atoms with Crippen molar-refractivity contribution in [2.45, 2.75) is 19.3 Å². The number of aliphatic carboxylic acids is 1. The van der Waals surface area contributed by atoms with E-state index in [4.69, 9.17) is 21.4 Å². The molecule has 1 N–H and O–H groups in total. The number of aromatic nitrogens is 2. The van der Waals surface area contributed by atoms with Crippen LogP contribution in [0.25, 0.3) is 16.9 Å². The van der Waals surface area contributed by atoms with Gasteiger partial charge in [-0.2, -0.15) is 5.10 Å². The predicted octanol–water partition coefficient (Wildman–Crippen LogP) is 4.78. The van der Waals surface area contributed by atoms with E-state index < -0.39 is 5.97 Å². The summed E-state index contributed by atoms with van der Waals surface area (Å²) in [6.07, 6.45) is 0.0275. The molecule has 0 fully saturated rings. The maximum atomic E-state index is 11.1. The SMILES string of the molecule is COc1ccc(-n2nc(C(C)CC(=O)O)cc2-c2ccc(Cl)cc2)cc1. The number of hydrogen-bond acceptors (Lipinski definition) is 3. The summed E-state index contributed by atoms with van der Waals surface area (Å²) in [4.78, 5) is 11.1. The fourth-order valence-corrected chi connectivity index (χ4v) is 2.88. The monoisotopic (exact) mass is 370 g/mol. The van der Waals surface area contributed by atoms with Crippen LogP contribution in [0.1, 0.15) is 25.0 Å². The third-order valence-corrected chi connectivity index (χ3v) is 4.42. The summed E-state index contributed by atoms with van der Waals surface area (Å²) in [6.45, 7) is 1.86. The number of ether oxygens (including phenoxy) is 1. The maximum absolute atomic E-state index is 11.1. The van der Waals surface area contributed by atoms with Crippen LogP contribution in [0, 0.1) is 0 Å². The Labute approximate surface area is 156 Å². The third-order valence-electron chi connectivity index (χ3n) is 4.17. The van der Waals surface area contributed by atoms with Crippen molar-refractivity contribution in [3.8, 4) is 22.7 Å². The van der Waals surface area contributed by atoms with Crippen molar-refractivity contribution in [2.75, 3.05) is 7.11 Å². The largest absolute Gasteiger partial charge is 0.497 e. The van der Waals surface area contributed by atoms with Crippen LogP contribution in [0.4, 0.5) is 0 Å². The van der Waals surface area contributed by atoms with Crippen molar-refractivity contribution in [3.05, 3.63) is 65.3 Å². The summed E-state index contributed by atoms with van der Waals surface area (Å²) in [6, 6.07) is 17.0. The van der Waals surface area contributed by atoms with Gasteiger partial charge < -0.3 is 9.84 Å². The Balaban J connectivity index is 2.08. The standard InChI is InChI=1S/C20H19ClN2O3/c1-13(11-20(24)25)18-12-19(14-3-5-15(21)6-4-14)23(22-18)16-7-9-17(26-2)10-8-16/h3-10,12-13H,11H2,1-2H3,(H,24,25). The number of hydrogen-bond donors (Lipinski definition) is 1. The highest BCUT2D eigenvalue weighted by Crippen LogP contribution is 2.29. The Bertz CT molecular complexity index is 902. The average Bonchev–Trinajstić information content (AvgIpc) is 3.07. The van der Waals surface area contributed by atoms with Gasteiger partial charge in [-0.05, 0) is 42.5 Å². The van der Waals surface area contributed by atoms with Crippen LogP contribution in [-0.4, -0.2) is 28.0 Å². The van der Waals surface area contributed by atoms with Crippen molar-refractivity contribution >= 4 is 17.6 Å². The molecule has 0 aliphatic rings. The molecule has 1 aromatic heterocycles. The summed E-state index contributed by atoms with van der Waals surface area (Å²) in [7, 11) is 1.62. The molecule has 0 amide bonds. The van der Waals surface area contributed by atoms with Crippen LogP contribution in [0.15, 0.2) is 54.6 Å². The molecule has 2 aromatic carbocycles. The van der Waals surface area contributed by atoms with Gasteiger partial charge >= 0.3 is 5.97 Å². The number of methoxy groups -OCH3 is 1. The van der Waals surface area contributed by atoms with Gasteiger partial charge in [0, 0.05) is 16.5 Å². The molecule has 1 atom stereocenters. The first-order chi connectivity index (χ1) is 12.5. The summed E-state index contributed by atoms with van der Waals surface area (Å²) >= 11 is 6.00. The molecule has 0 aliphatic carbocycles. The van der Waals surface area contributed by atoms with Crippen molar-refractivity contribution in [1.29, 1.82) is 0 Å². The number of carbonyl (C=O) groups is 1. The molecule has 26 heavy (non-hydrogen) atoms. The Morgan fingerprint density at radius 3 is 2.42 bits per heavy atom. The number of carboxylic acids is 1. The second-order valence-corrected chi connectivity index (χ2v) is 6.51. The van der Waals surface area contributed by atoms with E-state index in [0.717, 1.165) is 28.4 Å². The predicted molar refractivity (Wildman–Crippen MR) is 101 cm³/mol. The fraction of sp³-hybridized carbons (Fsp3) is 0.200. The molecular formula is C20H19ClN2O3. The van der Waals surface area contributed by atoms with E-state index in [1.165, 1.54) is 0 Å². The van der Waals surface area contributed by atoms with Gasteiger partial charge in [-0.15, -0.1) is 0 Å². The Morgan fingerprint density at radius 2 is 1.85 bits per heavy atom. The molecule has 0 saturated carbocycles. The van der Waals surface area contributed by atoms with E-state index >= 15 is 0 Å². The van der Waals surface area contributed by atoms with Crippen LogP contribution in [0.5, 0.6) is 5.75 Å². The number of rotatable bonds is 6. The molecule has 0 radical (unpaired) electrons. The normalized spacial score (nSPS) is 12.0. The number of carboxylic acid groups (broad SMARTS) is 1. The molecule has 0 bridgehead atoms. The van der Waals surface area contributed by atoms with Crippen molar-refractivity contribution in [1.82, 2.24) is 9.78 Å². The lowest BCUT2D eigenvalue weighted by Crippen LogP contribution is -2.05. The second-order valence-electron chi connectivity index (χ2n) is 6.07. The topological polar surface area (TPSA) is 64.4 Å². The Kier molecular flexibility index (Phi) is 5.28. The average molecular weight is 371 g/mol. The lowest BCUT2D eigenvalue weighted by Gasteiger charge is -2.09. The zero-order chi connectivity index (χ0) is 18.7. The highest BCUT2D eigenvalue weighted by atomic mass is 35.5. The fourth-order valence-electron chi connectivity index (χ4n) is 2.75. The molecule has 6 heteroatoms. The van der Waals surface area contributed by atoms with Gasteiger partial charge in [0.05, 0.1) is 30.6 Å². The van der Waals surface area contributed by atoms with E-state index in [1.54, 1.807) is 7.11 Å². The molecule has 1 heterocycles. The van der Waals surface area contributed by atoms with Crippen LogP contribution >= 0.6 is 11.6 Å². The second kappa shape index (κ2) is 7.62. The van der Waals surface area contributed by atoms with E-state index in [-0.39, 0.29) is 12.3 Å². The van der Waals surface area contributed by atoms with Gasteiger partial charge in [-0.25, -0.2) is 4.68 Å². The van der Waals surface area contributed by atoms with Gasteiger partial charge in [0.25, 0.3) is 0 Å². The maximum Gasteiger partial charge on any atom is 0.304 e. The van der Waals surface area contributed by atoms with Crippen molar-refractivity contribution in [3.63, 3.8) is 0 Å². The Hall–Kier alpha value is -2.79. The summed E-state index contributed by atoms with van der Waals surface area (Å²) < 4.78 is 7.03. The third kappa shape index (κ3) is 3.89. The molecular weight excluding hydrogens is 352 g/mol. The van der Waals surface area contributed by atoms with E-state index in [0.29, 0.717) is 5.02 Å². The van der Waals surface area contributed by atoms with Crippen LogP contribution in [-0.2, 0) is 4.79 Å². The smallest absolute Gasteiger partial charge is 0.304 e. The van der Waals surface area contributed by atoms with Gasteiger partial charge in [0.2, 0.25) is 0 Å². The molecule has 0 saturated heterocycles. The molecule has 3 rings (SSSR count). The summed E-state index contributed by atoms with van der Waals surface area (Å²) in [5.41, 5.74) is 3.42. The van der Waals surface area contributed by atoms with E-state index in [2.05, 4.69) is 5.10 Å². The van der Waals surface area contributed by atoms with Gasteiger partial charge in [0.1, 0.15) is 5.75 Å². The molecule has 1 unspecified atom stereocenters. The van der Waals surface area contributed by atoms with Crippen LogP contribution < -0.4 is 4.74 Å². The zero-order valence-corrected chi connectivity index (χ0v) is 15.3. The lowest BCUT2D eigenvalue weighted by atomic mass is 10.0. The van der Waals surface area contributed by atoms with Crippen LogP contribution in [0.2, 0.25) is 5.02 Å². The van der Waals surface area contributed by atoms with Crippen LogP contribution in [0.3, 0.4) is 0 Å². The highest BCUT2D eigenvalue weighted by molar-refractivity contribution is 6.30. The highest BCUT2D eigenvalue weighted by Gasteiger charge is 2.18. The van der Waals surface area contributed by atoms with E-state index in [1.807, 2.05) is 66.2 Å². The molecule has 3 aromatic rings. The van der Waals surface area contributed by atoms with Gasteiger partial charge in [-0.3, -0.25) is 4.79 Å². The first kappa shape index (κ1) is 18.0. The van der Waals surface area contributed by atoms with Crippen molar-refractivity contribution < 1.29 is 14.6 Å². The number of benzene rings is 2. The summed E-state index contributed by atoms with van der Waals surface area (Å²) in [5, 5.41) is 14.4. The lowest BCUT2D eigenvalue weighted by molar-refractivity contribution is -0.137. The Morgan fingerprint density at radius 1 is 1.19 bits per heavy atom. The minimum absolute atomic E-state index is 0.0275. The minimum Gasteiger partial charge on any atom is -0.497 e. The van der Waals surface area contributed by atoms with Crippen molar-refractivity contribution in [2.24, 2.45) is 0 Å². The molecule has 0 aliphatic heterocycles. The number of nitrogens with zero attached hydrogens (tertiary/aromatic N) is 2. The minimum atomic E-state index is -0.843. The molecule has 134 valence electrons. The molecule has 0 spiro atoms. The molecule has 5 nitrogen and oxygen atoms in total. The first-order valence-electron chi connectivity index (χ1n) is 8.20. The quantitative estimate of drug-likeness (QED) is 0.678. The van der Waals surface area contributed by atoms with Gasteiger partial charge in [-0.1, -0.05) is 30.7 Å². The zero-order valence-electron chi connectivity index (χ0n) is 14.5. The summed E-state index contributed by atoms with van der Waals surface area (Å²) in [5.74, 6) is -0.281. The number of halogens is 1. The first-order valence-corrected chi connectivity index (χ1v) is 8.58.